The second-order valence-electron chi connectivity index (χ2n) is 4.20. The number of aromatic nitrogens is 3. The van der Waals surface area contributed by atoms with Gasteiger partial charge in [-0.1, -0.05) is 23.1 Å². The van der Waals surface area contributed by atoms with Gasteiger partial charge in [-0.2, -0.15) is 0 Å². The first kappa shape index (κ1) is 13.8. The Labute approximate surface area is 117 Å². The maximum Gasteiger partial charge on any atom is 0.246 e. The highest BCUT2D eigenvalue weighted by molar-refractivity contribution is 5.92. The van der Waals surface area contributed by atoms with E-state index in [-0.39, 0.29) is 19.0 Å². The molecule has 0 aliphatic carbocycles. The van der Waals surface area contributed by atoms with Gasteiger partial charge in [0.25, 0.3) is 0 Å². The SMILES string of the molecule is Cc1ccc(NC(=O)Cn2ccnn2)c(C#CCN)c1. The number of carbonyl (C=O) groups is 1. The predicted octanol–water partition coefficient (Wildman–Crippen LogP) is 0.535. The molecule has 1 amide bonds. The molecule has 6 heteroatoms. The first-order valence-electron chi connectivity index (χ1n) is 6.12. The summed E-state index contributed by atoms with van der Waals surface area (Å²) < 4.78 is 1.45. The van der Waals surface area contributed by atoms with Crippen LogP contribution in [0.3, 0.4) is 0 Å². The fourth-order valence-corrected chi connectivity index (χ4v) is 1.67. The number of carbonyl (C=O) groups excluding carboxylic acids is 1. The second kappa shape index (κ2) is 6.50. The lowest BCUT2D eigenvalue weighted by Gasteiger charge is -2.08. The molecular formula is C14H15N5O. The van der Waals surface area contributed by atoms with E-state index in [4.69, 9.17) is 5.73 Å². The number of benzene rings is 1. The highest BCUT2D eigenvalue weighted by atomic mass is 16.2. The van der Waals surface area contributed by atoms with Gasteiger partial charge in [-0.3, -0.25) is 4.79 Å². The fraction of sp³-hybridized carbons (Fsp3) is 0.214. The van der Waals surface area contributed by atoms with Crippen molar-refractivity contribution >= 4 is 11.6 Å². The zero-order valence-electron chi connectivity index (χ0n) is 11.1. The van der Waals surface area contributed by atoms with Crippen LogP contribution in [-0.2, 0) is 11.3 Å². The summed E-state index contributed by atoms with van der Waals surface area (Å²) >= 11 is 0. The quantitative estimate of drug-likeness (QED) is 0.796. The minimum Gasteiger partial charge on any atom is -0.323 e. The van der Waals surface area contributed by atoms with Crippen molar-refractivity contribution in [3.05, 3.63) is 41.7 Å². The fourth-order valence-electron chi connectivity index (χ4n) is 1.67. The minimum atomic E-state index is -0.185. The van der Waals surface area contributed by atoms with Crippen LogP contribution < -0.4 is 11.1 Å². The summed E-state index contributed by atoms with van der Waals surface area (Å²) in [6, 6.07) is 5.65. The summed E-state index contributed by atoms with van der Waals surface area (Å²) in [6.45, 7) is 2.35. The molecule has 1 aromatic carbocycles. The van der Waals surface area contributed by atoms with Crippen molar-refractivity contribution in [2.75, 3.05) is 11.9 Å². The van der Waals surface area contributed by atoms with E-state index in [1.807, 2.05) is 25.1 Å². The summed E-state index contributed by atoms with van der Waals surface area (Å²) in [5.41, 5.74) is 7.87. The van der Waals surface area contributed by atoms with Crippen LogP contribution in [0, 0.1) is 18.8 Å². The molecule has 0 saturated carbocycles. The molecule has 6 nitrogen and oxygen atoms in total. The number of amides is 1. The maximum atomic E-state index is 11.9. The Morgan fingerprint density at radius 3 is 3.05 bits per heavy atom. The predicted molar refractivity (Wildman–Crippen MR) is 75.8 cm³/mol. The van der Waals surface area contributed by atoms with E-state index >= 15 is 0 Å². The van der Waals surface area contributed by atoms with Crippen LogP contribution in [0.1, 0.15) is 11.1 Å². The van der Waals surface area contributed by atoms with Crippen LogP contribution in [0.5, 0.6) is 0 Å². The maximum absolute atomic E-state index is 11.9. The lowest BCUT2D eigenvalue weighted by molar-refractivity contribution is -0.116. The van der Waals surface area contributed by atoms with E-state index in [0.29, 0.717) is 5.69 Å². The monoisotopic (exact) mass is 269 g/mol. The van der Waals surface area contributed by atoms with Crippen molar-refractivity contribution in [2.24, 2.45) is 5.73 Å². The zero-order valence-corrected chi connectivity index (χ0v) is 11.1. The van der Waals surface area contributed by atoms with Crippen molar-refractivity contribution in [2.45, 2.75) is 13.5 Å². The average molecular weight is 269 g/mol. The van der Waals surface area contributed by atoms with Crippen LogP contribution in [0.15, 0.2) is 30.6 Å². The molecule has 2 rings (SSSR count). The molecule has 3 N–H and O–H groups in total. The first-order chi connectivity index (χ1) is 9.69. The lowest BCUT2D eigenvalue weighted by Crippen LogP contribution is -2.19. The van der Waals surface area contributed by atoms with Crippen LogP contribution in [0.25, 0.3) is 0 Å². The Kier molecular flexibility index (Phi) is 4.47. The number of aryl methyl sites for hydroxylation is 1. The topological polar surface area (TPSA) is 85.8 Å². The molecule has 0 aliphatic rings. The number of nitrogens with zero attached hydrogens (tertiary/aromatic N) is 3. The zero-order chi connectivity index (χ0) is 14.4. The van der Waals surface area contributed by atoms with Gasteiger partial charge < -0.3 is 11.1 Å². The minimum absolute atomic E-state index is 0.109. The third-order valence-electron chi connectivity index (χ3n) is 2.55. The molecule has 0 aliphatic heterocycles. The molecule has 0 fully saturated rings. The van der Waals surface area contributed by atoms with Gasteiger partial charge in [0.1, 0.15) is 6.54 Å². The van der Waals surface area contributed by atoms with Crippen molar-refractivity contribution in [1.82, 2.24) is 15.0 Å². The van der Waals surface area contributed by atoms with Crippen LogP contribution in [0.2, 0.25) is 0 Å². The Bertz CT molecular complexity index is 652. The highest BCUT2D eigenvalue weighted by Crippen LogP contribution is 2.16. The number of hydrogen-bond acceptors (Lipinski definition) is 4. The van der Waals surface area contributed by atoms with Crippen molar-refractivity contribution in [1.29, 1.82) is 0 Å². The van der Waals surface area contributed by atoms with Gasteiger partial charge in [-0.15, -0.1) is 5.10 Å². The van der Waals surface area contributed by atoms with E-state index in [0.717, 1.165) is 11.1 Å². The molecule has 0 atom stereocenters. The summed E-state index contributed by atoms with van der Waals surface area (Å²) in [4.78, 5) is 11.9. The third kappa shape index (κ3) is 3.67. The van der Waals surface area contributed by atoms with Crippen molar-refractivity contribution < 1.29 is 4.79 Å². The van der Waals surface area contributed by atoms with E-state index < -0.39 is 0 Å². The Hall–Kier alpha value is -2.65. The molecule has 102 valence electrons. The van der Waals surface area contributed by atoms with E-state index in [9.17, 15) is 4.79 Å². The normalized spacial score (nSPS) is 9.70. The molecule has 0 radical (unpaired) electrons. The number of nitrogens with two attached hydrogens (primary N) is 1. The van der Waals surface area contributed by atoms with Gasteiger partial charge in [0, 0.05) is 11.8 Å². The van der Waals surface area contributed by atoms with Gasteiger partial charge in [-0.25, -0.2) is 4.68 Å². The highest BCUT2D eigenvalue weighted by Gasteiger charge is 2.07. The number of rotatable bonds is 3. The largest absolute Gasteiger partial charge is 0.323 e. The van der Waals surface area contributed by atoms with Crippen LogP contribution in [-0.4, -0.2) is 27.4 Å². The summed E-state index contributed by atoms with van der Waals surface area (Å²) in [6.07, 6.45) is 3.15. The van der Waals surface area contributed by atoms with Gasteiger partial charge in [-0.05, 0) is 24.6 Å². The Morgan fingerprint density at radius 2 is 2.35 bits per heavy atom. The number of nitrogens with one attached hydrogen (secondary N) is 1. The summed E-state index contributed by atoms with van der Waals surface area (Å²) in [5, 5.41) is 10.2. The first-order valence-corrected chi connectivity index (χ1v) is 6.12. The molecule has 0 spiro atoms. The third-order valence-corrected chi connectivity index (χ3v) is 2.55. The van der Waals surface area contributed by atoms with E-state index in [1.54, 1.807) is 6.20 Å². The molecule has 0 bridgehead atoms. The van der Waals surface area contributed by atoms with Gasteiger partial charge in [0.15, 0.2) is 0 Å². The molecule has 0 saturated heterocycles. The Morgan fingerprint density at radius 1 is 1.50 bits per heavy atom. The van der Waals surface area contributed by atoms with E-state index in [2.05, 4.69) is 27.5 Å². The second-order valence-corrected chi connectivity index (χ2v) is 4.20. The van der Waals surface area contributed by atoms with E-state index in [1.165, 1.54) is 10.9 Å². The van der Waals surface area contributed by atoms with Gasteiger partial charge in [0.05, 0.1) is 18.4 Å². The summed E-state index contributed by atoms with van der Waals surface area (Å²) in [7, 11) is 0. The Balaban J connectivity index is 2.14. The van der Waals surface area contributed by atoms with Crippen LogP contribution in [0.4, 0.5) is 5.69 Å². The van der Waals surface area contributed by atoms with Crippen LogP contribution >= 0.6 is 0 Å². The lowest BCUT2D eigenvalue weighted by atomic mass is 10.1. The van der Waals surface area contributed by atoms with Gasteiger partial charge >= 0.3 is 0 Å². The van der Waals surface area contributed by atoms with Crippen molar-refractivity contribution in [3.8, 4) is 11.8 Å². The molecule has 1 aromatic heterocycles. The molecule has 1 heterocycles. The molecule has 0 unspecified atom stereocenters. The average Bonchev–Trinajstić information content (AvgIpc) is 2.91. The summed E-state index contributed by atoms with van der Waals surface area (Å²) in [5.74, 6) is 5.56. The molecular weight excluding hydrogens is 254 g/mol. The smallest absolute Gasteiger partial charge is 0.246 e. The van der Waals surface area contributed by atoms with Crippen molar-refractivity contribution in [3.63, 3.8) is 0 Å². The van der Waals surface area contributed by atoms with Gasteiger partial charge in [0.2, 0.25) is 5.91 Å². The number of anilines is 1. The standard InChI is InChI=1S/C14H15N5O/c1-11-4-5-13(12(9-11)3-2-6-15)17-14(20)10-19-8-7-16-18-19/h4-5,7-9H,6,10,15H2,1H3,(H,17,20). The molecule has 2 aromatic rings. The number of hydrogen-bond donors (Lipinski definition) is 2. The molecule has 20 heavy (non-hydrogen) atoms.